The molecule has 1 rings (SSSR count). The fourth-order valence-electron chi connectivity index (χ4n) is 1.31. The zero-order valence-corrected chi connectivity index (χ0v) is 11.8. The Kier molecular flexibility index (Phi) is 5.35. The summed E-state index contributed by atoms with van der Waals surface area (Å²) in [5, 5.41) is 11.1. The van der Waals surface area contributed by atoms with E-state index >= 15 is 0 Å². The molecule has 106 valence electrons. The first-order valence-electron chi connectivity index (χ1n) is 5.85. The number of ether oxygens (including phenoxy) is 3. The number of hydroxylamine groups is 1. The summed E-state index contributed by atoms with van der Waals surface area (Å²) in [6.07, 6.45) is 0.985. The molecule has 0 radical (unpaired) electrons. The maximum absolute atomic E-state index is 11.1. The largest absolute Gasteiger partial charge is 0.624 e. The highest BCUT2D eigenvalue weighted by molar-refractivity contribution is 5.58. The van der Waals surface area contributed by atoms with Crippen LogP contribution in [0, 0.1) is 11.1 Å². The molecule has 1 unspecified atom stereocenters. The molecule has 0 aliphatic carbocycles. The van der Waals surface area contributed by atoms with Crippen molar-refractivity contribution in [3.8, 4) is 17.8 Å². The van der Waals surface area contributed by atoms with Crippen LogP contribution in [0.25, 0.3) is 0 Å². The molecule has 0 saturated carbocycles. The molecule has 0 aliphatic heterocycles. The second-order valence-corrected chi connectivity index (χ2v) is 4.26. The van der Waals surface area contributed by atoms with Gasteiger partial charge in [0.2, 0.25) is 11.8 Å². The fraction of sp³-hybridized carbons (Fsp3) is 0.583. The molecule has 0 aliphatic rings. The van der Waals surface area contributed by atoms with Crippen LogP contribution in [0.5, 0.6) is 17.8 Å². The lowest BCUT2D eigenvalue weighted by Crippen LogP contribution is -2.28. The van der Waals surface area contributed by atoms with Gasteiger partial charge in [0.05, 0.1) is 20.3 Å². The van der Waals surface area contributed by atoms with Gasteiger partial charge in [0.1, 0.15) is 7.05 Å². The summed E-state index contributed by atoms with van der Waals surface area (Å²) in [5.74, 6) is 0.761. The van der Waals surface area contributed by atoms with E-state index in [1.807, 2.05) is 13.8 Å². The van der Waals surface area contributed by atoms with E-state index in [9.17, 15) is 5.21 Å². The third kappa shape index (κ3) is 4.61. The monoisotopic (exact) mass is 269 g/mol. The van der Waals surface area contributed by atoms with E-state index in [1.165, 1.54) is 27.5 Å². The van der Waals surface area contributed by atoms with Crippen molar-refractivity contribution in [3.63, 3.8) is 0 Å². The number of hydrogen-bond donors (Lipinski definition) is 0. The van der Waals surface area contributed by atoms with Crippen molar-refractivity contribution in [1.29, 1.82) is 0 Å². The normalized spacial score (nSPS) is 13.3. The molecule has 0 fully saturated rings. The van der Waals surface area contributed by atoms with Gasteiger partial charge in [0, 0.05) is 5.92 Å². The third-order valence-corrected chi connectivity index (χ3v) is 2.33. The Morgan fingerprint density at radius 1 is 1.21 bits per heavy atom. The first-order valence-corrected chi connectivity index (χ1v) is 5.85. The van der Waals surface area contributed by atoms with Crippen molar-refractivity contribution >= 4 is 6.21 Å². The molecule has 0 aromatic carbocycles. The summed E-state index contributed by atoms with van der Waals surface area (Å²) >= 11 is 0. The highest BCUT2D eigenvalue weighted by atomic mass is 16.5. The standard InChI is InChI=1S/C12H19N3O4/c1-8(2)9(7-15(3)16)19-12-13-10(17-4)6-11(14-12)18-5/h6-9H,1-5H3/b15-7-. The van der Waals surface area contributed by atoms with Crippen LogP contribution in [0.15, 0.2) is 6.07 Å². The van der Waals surface area contributed by atoms with Crippen LogP contribution in [0.2, 0.25) is 0 Å². The molecule has 1 atom stereocenters. The summed E-state index contributed by atoms with van der Waals surface area (Å²) in [7, 11) is 4.37. The number of hydrogen-bond acceptors (Lipinski definition) is 6. The van der Waals surface area contributed by atoms with Gasteiger partial charge in [-0.05, 0) is 0 Å². The van der Waals surface area contributed by atoms with E-state index in [1.54, 1.807) is 6.07 Å². The van der Waals surface area contributed by atoms with Crippen LogP contribution in [0.1, 0.15) is 13.8 Å². The Morgan fingerprint density at radius 2 is 1.74 bits per heavy atom. The average molecular weight is 269 g/mol. The predicted molar refractivity (Wildman–Crippen MR) is 70.0 cm³/mol. The summed E-state index contributed by atoms with van der Waals surface area (Å²) < 4.78 is 16.3. The SMILES string of the molecule is COc1cc(OC)nc(OC(/C=[N+](/C)[O-])C(C)C)n1. The first kappa shape index (κ1) is 15.0. The Labute approximate surface area is 112 Å². The van der Waals surface area contributed by atoms with Crippen molar-refractivity contribution in [2.75, 3.05) is 21.3 Å². The minimum atomic E-state index is -0.431. The maximum atomic E-state index is 11.1. The third-order valence-electron chi connectivity index (χ3n) is 2.33. The van der Waals surface area contributed by atoms with Crippen LogP contribution in [-0.4, -0.2) is 48.3 Å². The average Bonchev–Trinajstić information content (AvgIpc) is 2.36. The Hall–Kier alpha value is -2.05. The lowest BCUT2D eigenvalue weighted by Gasteiger charge is -2.16. The molecule has 0 amide bonds. The molecule has 7 heteroatoms. The topological polar surface area (TPSA) is 79.5 Å². The van der Waals surface area contributed by atoms with Gasteiger partial charge in [-0.15, -0.1) is 0 Å². The molecule has 19 heavy (non-hydrogen) atoms. The van der Waals surface area contributed by atoms with Crippen molar-refractivity contribution in [1.82, 2.24) is 9.97 Å². The van der Waals surface area contributed by atoms with Gasteiger partial charge in [-0.1, -0.05) is 13.8 Å². The fourth-order valence-corrected chi connectivity index (χ4v) is 1.31. The Morgan fingerprint density at radius 3 is 2.11 bits per heavy atom. The van der Waals surface area contributed by atoms with E-state index in [0.29, 0.717) is 16.5 Å². The van der Waals surface area contributed by atoms with E-state index < -0.39 is 6.10 Å². The number of nitrogens with zero attached hydrogens (tertiary/aromatic N) is 3. The van der Waals surface area contributed by atoms with Crippen LogP contribution >= 0.6 is 0 Å². The van der Waals surface area contributed by atoms with E-state index in [-0.39, 0.29) is 11.9 Å². The molecule has 0 saturated heterocycles. The van der Waals surface area contributed by atoms with E-state index in [2.05, 4.69) is 9.97 Å². The van der Waals surface area contributed by atoms with Crippen LogP contribution < -0.4 is 14.2 Å². The second kappa shape index (κ2) is 6.77. The minimum Gasteiger partial charge on any atom is -0.624 e. The summed E-state index contributed by atoms with van der Waals surface area (Å²) in [6, 6.07) is 1.65. The van der Waals surface area contributed by atoms with Crippen LogP contribution in [-0.2, 0) is 0 Å². The van der Waals surface area contributed by atoms with E-state index in [4.69, 9.17) is 14.2 Å². The quantitative estimate of drug-likeness (QED) is 0.333. The van der Waals surface area contributed by atoms with E-state index in [0.717, 1.165) is 0 Å². The highest BCUT2D eigenvalue weighted by Crippen LogP contribution is 2.20. The molecule has 1 aromatic heterocycles. The zero-order chi connectivity index (χ0) is 14.4. The summed E-state index contributed by atoms with van der Waals surface area (Å²) in [4.78, 5) is 8.11. The second-order valence-electron chi connectivity index (χ2n) is 4.26. The smallest absolute Gasteiger partial charge is 0.323 e. The number of aromatic nitrogens is 2. The van der Waals surface area contributed by atoms with Gasteiger partial charge in [-0.2, -0.15) is 9.97 Å². The van der Waals surface area contributed by atoms with Gasteiger partial charge in [0.25, 0.3) is 0 Å². The lowest BCUT2D eigenvalue weighted by molar-refractivity contribution is -0.420. The van der Waals surface area contributed by atoms with Crippen molar-refractivity contribution in [2.45, 2.75) is 20.0 Å². The highest BCUT2D eigenvalue weighted by Gasteiger charge is 2.19. The van der Waals surface area contributed by atoms with Crippen molar-refractivity contribution in [2.24, 2.45) is 5.92 Å². The zero-order valence-electron chi connectivity index (χ0n) is 11.8. The van der Waals surface area contributed by atoms with Crippen molar-refractivity contribution in [3.05, 3.63) is 11.3 Å². The Balaban J connectivity index is 2.98. The molecule has 1 aromatic rings. The predicted octanol–water partition coefficient (Wildman–Crippen LogP) is 1.11. The molecule has 0 spiro atoms. The number of rotatable bonds is 6. The van der Waals surface area contributed by atoms with Crippen LogP contribution in [0.3, 0.4) is 0 Å². The van der Waals surface area contributed by atoms with Gasteiger partial charge in [0.15, 0.2) is 12.3 Å². The molecule has 0 N–H and O–H groups in total. The van der Waals surface area contributed by atoms with Gasteiger partial charge in [-0.3, -0.25) is 0 Å². The molecule has 1 heterocycles. The summed E-state index contributed by atoms with van der Waals surface area (Å²) in [5.41, 5.74) is 0. The maximum Gasteiger partial charge on any atom is 0.323 e. The van der Waals surface area contributed by atoms with Crippen molar-refractivity contribution < 1.29 is 18.9 Å². The van der Waals surface area contributed by atoms with Gasteiger partial charge in [-0.25, -0.2) is 4.74 Å². The van der Waals surface area contributed by atoms with Gasteiger partial charge < -0.3 is 19.4 Å². The first-order chi connectivity index (χ1) is 8.96. The Bertz CT molecular complexity index is 422. The molecule has 7 nitrogen and oxygen atoms in total. The summed E-state index contributed by atoms with van der Waals surface area (Å²) in [6.45, 7) is 3.87. The number of methoxy groups -OCH3 is 2. The minimum absolute atomic E-state index is 0.0946. The van der Waals surface area contributed by atoms with Crippen LogP contribution in [0.4, 0.5) is 0 Å². The molecular weight excluding hydrogens is 250 g/mol. The lowest BCUT2D eigenvalue weighted by atomic mass is 10.1. The molecule has 0 bridgehead atoms. The molecular formula is C12H19N3O4. The van der Waals surface area contributed by atoms with Gasteiger partial charge >= 0.3 is 6.01 Å².